The minimum atomic E-state index is -0.111. The van der Waals surface area contributed by atoms with Crippen LogP contribution in [-0.4, -0.2) is 52.9 Å². The zero-order chi connectivity index (χ0) is 19.4. The number of rotatable bonds is 6. The molecule has 1 aliphatic rings. The minimum absolute atomic E-state index is 0.107. The van der Waals surface area contributed by atoms with Gasteiger partial charge in [0.2, 0.25) is 5.91 Å². The summed E-state index contributed by atoms with van der Waals surface area (Å²) < 4.78 is 7.58. The maximum absolute atomic E-state index is 12.9. The number of methoxy groups -OCH3 is 1. The van der Waals surface area contributed by atoms with E-state index >= 15 is 0 Å². The summed E-state index contributed by atoms with van der Waals surface area (Å²) in [7, 11) is 1.60. The first-order chi connectivity index (χ1) is 13.0. The molecule has 146 valence electrons. The molecule has 2 aromatic rings. The van der Waals surface area contributed by atoms with Crippen LogP contribution in [0.2, 0.25) is 0 Å². The largest absolute Gasteiger partial charge is 0.383 e. The van der Waals surface area contributed by atoms with Crippen molar-refractivity contribution in [1.29, 1.82) is 0 Å². The molecule has 1 fully saturated rings. The number of ether oxygens (including phenoxy) is 1. The van der Waals surface area contributed by atoms with E-state index in [0.29, 0.717) is 35.1 Å². The van der Waals surface area contributed by atoms with Crippen LogP contribution in [0.4, 0.5) is 0 Å². The van der Waals surface area contributed by atoms with Crippen molar-refractivity contribution in [3.63, 3.8) is 0 Å². The predicted octanol–water partition coefficient (Wildman–Crippen LogP) is 3.16. The Kier molecular flexibility index (Phi) is 6.94. The quantitative estimate of drug-likeness (QED) is 0.496. The van der Waals surface area contributed by atoms with E-state index in [4.69, 9.17) is 4.74 Å². The highest BCUT2D eigenvalue weighted by Gasteiger charge is 2.21. The van der Waals surface area contributed by atoms with Gasteiger partial charge in [0.25, 0.3) is 5.56 Å². The van der Waals surface area contributed by atoms with E-state index in [1.807, 2.05) is 17.0 Å². The molecule has 1 aromatic carbocycles. The number of piperidine rings is 1. The number of hydrogen-bond donors (Lipinski definition) is 0. The van der Waals surface area contributed by atoms with Crippen LogP contribution in [-0.2, 0) is 16.1 Å². The van der Waals surface area contributed by atoms with Crippen LogP contribution < -0.4 is 5.56 Å². The maximum atomic E-state index is 12.9. The molecule has 27 heavy (non-hydrogen) atoms. The average molecular weight is 454 g/mol. The molecule has 1 aliphatic heterocycles. The Hall–Kier alpha value is -1.38. The molecule has 0 N–H and O–H groups in total. The highest BCUT2D eigenvalue weighted by molar-refractivity contribution is 9.10. The summed E-state index contributed by atoms with van der Waals surface area (Å²) in [6, 6.07) is 5.46. The van der Waals surface area contributed by atoms with Crippen LogP contribution in [0, 0.1) is 5.92 Å². The Morgan fingerprint density at radius 1 is 1.37 bits per heavy atom. The first-order valence-corrected chi connectivity index (χ1v) is 10.9. The predicted molar refractivity (Wildman–Crippen MR) is 111 cm³/mol. The van der Waals surface area contributed by atoms with E-state index in [2.05, 4.69) is 27.8 Å². The van der Waals surface area contributed by atoms with Crippen molar-refractivity contribution in [1.82, 2.24) is 14.5 Å². The second-order valence-electron chi connectivity index (χ2n) is 6.86. The summed E-state index contributed by atoms with van der Waals surface area (Å²) in [5.41, 5.74) is 0.527. The van der Waals surface area contributed by atoms with Gasteiger partial charge in [0.05, 0.1) is 29.8 Å². The smallest absolute Gasteiger partial charge is 0.262 e. The Morgan fingerprint density at radius 3 is 2.81 bits per heavy atom. The Morgan fingerprint density at radius 2 is 2.11 bits per heavy atom. The Balaban J connectivity index is 1.82. The third kappa shape index (κ3) is 4.92. The second kappa shape index (κ2) is 9.21. The Bertz CT molecular complexity index is 878. The lowest BCUT2D eigenvalue weighted by Gasteiger charge is -2.30. The first kappa shape index (κ1) is 20.4. The van der Waals surface area contributed by atoms with Crippen molar-refractivity contribution in [3.8, 4) is 0 Å². The normalized spacial score (nSPS) is 15.4. The molecular weight excluding hydrogens is 430 g/mol. The molecule has 0 aliphatic carbocycles. The fraction of sp³-hybridized carbons (Fsp3) is 0.526. The van der Waals surface area contributed by atoms with Crippen LogP contribution >= 0.6 is 27.7 Å². The lowest BCUT2D eigenvalue weighted by molar-refractivity contribution is -0.129. The van der Waals surface area contributed by atoms with Crippen LogP contribution in [0.15, 0.2) is 32.6 Å². The molecule has 3 rings (SSSR count). The molecule has 1 saturated heterocycles. The summed E-state index contributed by atoms with van der Waals surface area (Å²) >= 11 is 4.73. The molecular formula is C19H24BrN3O3S. The lowest BCUT2D eigenvalue weighted by Crippen LogP contribution is -2.39. The van der Waals surface area contributed by atoms with Gasteiger partial charge in [0, 0.05) is 24.7 Å². The van der Waals surface area contributed by atoms with E-state index in [0.717, 1.165) is 30.4 Å². The van der Waals surface area contributed by atoms with Crippen LogP contribution in [0.25, 0.3) is 10.9 Å². The zero-order valence-corrected chi connectivity index (χ0v) is 18.0. The summed E-state index contributed by atoms with van der Waals surface area (Å²) in [6.45, 7) is 4.67. The number of aromatic nitrogens is 2. The number of thioether (sulfide) groups is 1. The summed E-state index contributed by atoms with van der Waals surface area (Å²) in [5.74, 6) is 1.08. The molecule has 0 bridgehead atoms. The molecule has 0 unspecified atom stereocenters. The van der Waals surface area contributed by atoms with E-state index in [1.165, 1.54) is 11.8 Å². The fourth-order valence-electron chi connectivity index (χ4n) is 3.14. The molecule has 0 radical (unpaired) electrons. The summed E-state index contributed by atoms with van der Waals surface area (Å²) in [4.78, 5) is 32.0. The summed E-state index contributed by atoms with van der Waals surface area (Å²) in [5, 5.41) is 1.12. The van der Waals surface area contributed by atoms with Gasteiger partial charge in [-0.05, 0) is 37.0 Å². The number of hydrogen-bond acceptors (Lipinski definition) is 5. The lowest BCUT2D eigenvalue weighted by atomic mass is 9.99. The van der Waals surface area contributed by atoms with Crippen molar-refractivity contribution >= 4 is 44.5 Å². The van der Waals surface area contributed by atoms with Gasteiger partial charge in [0.1, 0.15) is 0 Å². The van der Waals surface area contributed by atoms with E-state index in [-0.39, 0.29) is 17.2 Å². The summed E-state index contributed by atoms with van der Waals surface area (Å²) in [6.07, 6.45) is 2.11. The van der Waals surface area contributed by atoms with Crippen molar-refractivity contribution in [2.24, 2.45) is 5.92 Å². The van der Waals surface area contributed by atoms with E-state index in [9.17, 15) is 9.59 Å². The van der Waals surface area contributed by atoms with Gasteiger partial charge in [-0.3, -0.25) is 14.2 Å². The number of carbonyl (C=O) groups is 1. The van der Waals surface area contributed by atoms with Gasteiger partial charge >= 0.3 is 0 Å². The molecule has 0 atom stereocenters. The molecule has 2 heterocycles. The highest BCUT2D eigenvalue weighted by Crippen LogP contribution is 2.22. The number of halogens is 1. The average Bonchev–Trinajstić information content (AvgIpc) is 2.66. The second-order valence-corrected chi connectivity index (χ2v) is 8.72. The fourth-order valence-corrected chi connectivity index (χ4v) is 4.43. The van der Waals surface area contributed by atoms with Gasteiger partial charge in [-0.2, -0.15) is 0 Å². The number of nitrogens with zero attached hydrogens (tertiary/aromatic N) is 3. The third-order valence-electron chi connectivity index (χ3n) is 4.86. The van der Waals surface area contributed by atoms with Crippen LogP contribution in [0.1, 0.15) is 19.8 Å². The SMILES string of the molecule is COCCn1c(SCC(=O)N2CCC(C)CC2)nc2ccc(Br)cc2c1=O. The van der Waals surface area contributed by atoms with Crippen molar-refractivity contribution in [3.05, 3.63) is 33.0 Å². The maximum Gasteiger partial charge on any atom is 0.262 e. The molecule has 0 spiro atoms. The van der Waals surface area contributed by atoms with Gasteiger partial charge in [-0.25, -0.2) is 4.98 Å². The standard InChI is InChI=1S/C19H24BrN3O3S/c1-13-5-7-22(8-6-13)17(24)12-27-19-21-16-4-3-14(20)11-15(16)18(25)23(19)9-10-26-2/h3-4,11,13H,5-10,12H2,1-2H3. The highest BCUT2D eigenvalue weighted by atomic mass is 79.9. The number of benzene rings is 1. The van der Waals surface area contributed by atoms with Crippen molar-refractivity contribution < 1.29 is 9.53 Å². The minimum Gasteiger partial charge on any atom is -0.383 e. The van der Waals surface area contributed by atoms with Gasteiger partial charge in [0.15, 0.2) is 5.16 Å². The number of carbonyl (C=O) groups excluding carboxylic acids is 1. The molecule has 1 amide bonds. The molecule has 1 aromatic heterocycles. The molecule has 8 heteroatoms. The van der Waals surface area contributed by atoms with Crippen molar-refractivity contribution in [2.45, 2.75) is 31.5 Å². The zero-order valence-electron chi connectivity index (χ0n) is 15.6. The molecule has 0 saturated carbocycles. The van der Waals surface area contributed by atoms with E-state index < -0.39 is 0 Å². The van der Waals surface area contributed by atoms with Gasteiger partial charge < -0.3 is 9.64 Å². The van der Waals surface area contributed by atoms with Gasteiger partial charge in [-0.1, -0.05) is 34.6 Å². The topological polar surface area (TPSA) is 64.4 Å². The molecule has 6 nitrogen and oxygen atoms in total. The van der Waals surface area contributed by atoms with E-state index in [1.54, 1.807) is 17.7 Å². The third-order valence-corrected chi connectivity index (χ3v) is 6.32. The number of fused-ring (bicyclic) bond motifs is 1. The monoisotopic (exact) mass is 453 g/mol. The first-order valence-electron chi connectivity index (χ1n) is 9.09. The Labute approximate surface area is 171 Å². The van der Waals surface area contributed by atoms with Gasteiger partial charge in [-0.15, -0.1) is 0 Å². The number of amides is 1. The van der Waals surface area contributed by atoms with Crippen molar-refractivity contribution in [2.75, 3.05) is 32.6 Å². The van der Waals surface area contributed by atoms with Crippen LogP contribution in [0.5, 0.6) is 0 Å². The number of likely N-dealkylation sites (tertiary alicyclic amines) is 1. The van der Waals surface area contributed by atoms with Crippen LogP contribution in [0.3, 0.4) is 0 Å².